The number of thiazole rings is 1. The first-order valence-electron chi connectivity index (χ1n) is 16.1. The first-order valence-corrected chi connectivity index (χ1v) is 17.0. The van der Waals surface area contributed by atoms with E-state index >= 15 is 0 Å². The van der Waals surface area contributed by atoms with Gasteiger partial charge in [0.2, 0.25) is 11.8 Å². The summed E-state index contributed by atoms with van der Waals surface area (Å²) in [6.07, 6.45) is 6.50. The molecule has 42 heavy (non-hydrogen) atoms. The predicted molar refractivity (Wildman–Crippen MR) is 170 cm³/mol. The van der Waals surface area contributed by atoms with Gasteiger partial charge in [-0.25, -0.2) is 4.98 Å². The fraction of sp³-hybridized carbons (Fsp3) is 0.844. The van der Waals surface area contributed by atoms with Crippen molar-refractivity contribution in [2.75, 3.05) is 18.8 Å². The Balaban J connectivity index is 2.31. The van der Waals surface area contributed by atoms with E-state index in [9.17, 15) is 24.9 Å². The zero-order valence-corrected chi connectivity index (χ0v) is 27.7. The lowest BCUT2D eigenvalue weighted by molar-refractivity contribution is -0.139. The number of carbonyl (C=O) groups is 2. The third-order valence-electron chi connectivity index (χ3n) is 8.54. The van der Waals surface area contributed by atoms with E-state index in [4.69, 9.17) is 5.73 Å². The minimum atomic E-state index is -1.11. The molecule has 0 bridgehead atoms. The van der Waals surface area contributed by atoms with Gasteiger partial charge in [-0.2, -0.15) is 0 Å². The second-order valence-electron chi connectivity index (χ2n) is 13.6. The molecule has 1 aliphatic rings. The standard InChI is InChI=1S/C32H58N4O5S/c1-7-22(8-2)18-36(20-32(5,6)41)28(38)17-24(16-25-19-42-31(33)34-25)30(40)35-26(15-23-12-10-9-11-13-23)29(39)27(37)14-21(3)4/h19,21-24,26-27,29,37,39,41H,7-18,20H2,1-6H3,(H2,33,34)(H,35,40)/t24-,26+,27+,29-/m1/s1. The number of aliphatic hydroxyl groups is 3. The van der Waals surface area contributed by atoms with Gasteiger partial charge in [-0.05, 0) is 44.4 Å². The minimum Gasteiger partial charge on any atom is -0.390 e. The molecule has 10 heteroatoms. The topological polar surface area (TPSA) is 149 Å². The number of rotatable bonds is 18. The fourth-order valence-corrected chi connectivity index (χ4v) is 6.68. The maximum absolute atomic E-state index is 14.0. The molecular formula is C32H58N4O5S. The molecule has 1 aliphatic carbocycles. The normalized spacial score (nSPS) is 17.7. The Morgan fingerprint density at radius 2 is 1.81 bits per heavy atom. The van der Waals surface area contributed by atoms with Gasteiger partial charge in [-0.15, -0.1) is 11.3 Å². The van der Waals surface area contributed by atoms with Crippen LogP contribution in [-0.2, 0) is 16.0 Å². The van der Waals surface area contributed by atoms with Gasteiger partial charge >= 0.3 is 0 Å². The lowest BCUT2D eigenvalue weighted by Crippen LogP contribution is -2.52. The van der Waals surface area contributed by atoms with Crippen LogP contribution in [0.4, 0.5) is 5.13 Å². The summed E-state index contributed by atoms with van der Waals surface area (Å²) >= 11 is 1.29. The van der Waals surface area contributed by atoms with Gasteiger partial charge in [0, 0.05) is 31.3 Å². The summed E-state index contributed by atoms with van der Waals surface area (Å²) in [4.78, 5) is 33.8. The lowest BCUT2D eigenvalue weighted by Gasteiger charge is -2.34. The predicted octanol–water partition coefficient (Wildman–Crippen LogP) is 4.53. The third kappa shape index (κ3) is 12.9. The highest BCUT2D eigenvalue weighted by Gasteiger charge is 2.35. The molecule has 0 radical (unpaired) electrons. The summed E-state index contributed by atoms with van der Waals surface area (Å²) < 4.78 is 0. The first-order chi connectivity index (χ1) is 19.7. The molecule has 242 valence electrons. The Morgan fingerprint density at radius 3 is 2.33 bits per heavy atom. The third-order valence-corrected chi connectivity index (χ3v) is 9.26. The number of anilines is 1. The number of aromatic nitrogens is 1. The van der Waals surface area contributed by atoms with E-state index in [1.165, 1.54) is 17.8 Å². The van der Waals surface area contributed by atoms with Gasteiger partial charge in [-0.1, -0.05) is 72.6 Å². The molecule has 9 nitrogen and oxygen atoms in total. The molecule has 1 aromatic heterocycles. The van der Waals surface area contributed by atoms with Crippen LogP contribution in [0.15, 0.2) is 5.38 Å². The summed E-state index contributed by atoms with van der Waals surface area (Å²) in [5.41, 5.74) is 5.44. The molecule has 1 aromatic rings. The number of hydrogen-bond acceptors (Lipinski definition) is 8. The highest BCUT2D eigenvalue weighted by molar-refractivity contribution is 7.13. The van der Waals surface area contributed by atoms with Crippen molar-refractivity contribution in [3.63, 3.8) is 0 Å². The Bertz CT molecular complexity index is 940. The largest absolute Gasteiger partial charge is 0.390 e. The summed E-state index contributed by atoms with van der Waals surface area (Å²) in [6, 6.07) is -0.621. The van der Waals surface area contributed by atoms with Crippen molar-refractivity contribution >= 4 is 28.3 Å². The number of nitrogens with zero attached hydrogens (tertiary/aromatic N) is 2. The van der Waals surface area contributed by atoms with Crippen molar-refractivity contribution < 1.29 is 24.9 Å². The number of aliphatic hydroxyl groups excluding tert-OH is 2. The monoisotopic (exact) mass is 610 g/mol. The second-order valence-corrected chi connectivity index (χ2v) is 14.5. The molecule has 0 aliphatic heterocycles. The van der Waals surface area contributed by atoms with Crippen molar-refractivity contribution in [2.45, 2.75) is 136 Å². The molecule has 0 saturated heterocycles. The van der Waals surface area contributed by atoms with Crippen LogP contribution in [0.5, 0.6) is 0 Å². The number of nitrogens with two attached hydrogens (primary N) is 1. The summed E-state index contributed by atoms with van der Waals surface area (Å²) in [6.45, 7) is 12.2. The molecule has 1 heterocycles. The molecule has 0 spiro atoms. The number of hydrogen-bond donors (Lipinski definition) is 5. The van der Waals surface area contributed by atoms with E-state index in [1.54, 1.807) is 24.1 Å². The molecule has 6 N–H and O–H groups in total. The van der Waals surface area contributed by atoms with Crippen molar-refractivity contribution in [3.8, 4) is 0 Å². The molecule has 1 saturated carbocycles. The number of amides is 2. The van der Waals surface area contributed by atoms with Crippen LogP contribution in [-0.4, -0.2) is 74.0 Å². The van der Waals surface area contributed by atoms with Gasteiger partial charge in [0.05, 0.1) is 29.4 Å². The van der Waals surface area contributed by atoms with Crippen LogP contribution in [0.25, 0.3) is 0 Å². The van der Waals surface area contributed by atoms with Gasteiger partial charge in [-0.3, -0.25) is 9.59 Å². The summed E-state index contributed by atoms with van der Waals surface area (Å²) in [5.74, 6) is -0.426. The van der Waals surface area contributed by atoms with Crippen molar-refractivity contribution in [3.05, 3.63) is 11.1 Å². The van der Waals surface area contributed by atoms with Crippen LogP contribution in [0, 0.1) is 23.7 Å². The van der Waals surface area contributed by atoms with E-state index in [2.05, 4.69) is 24.1 Å². The average molecular weight is 611 g/mol. The molecule has 0 aromatic carbocycles. The quantitative estimate of drug-likeness (QED) is 0.164. The van der Waals surface area contributed by atoms with Crippen LogP contribution < -0.4 is 11.1 Å². The van der Waals surface area contributed by atoms with Gasteiger partial charge in [0.15, 0.2) is 5.13 Å². The molecular weight excluding hydrogens is 552 g/mol. The van der Waals surface area contributed by atoms with Gasteiger partial charge < -0.3 is 31.3 Å². The van der Waals surface area contributed by atoms with Crippen LogP contribution in [0.3, 0.4) is 0 Å². The first kappa shape index (κ1) is 36.4. The summed E-state index contributed by atoms with van der Waals surface area (Å²) in [5, 5.41) is 37.9. The van der Waals surface area contributed by atoms with Crippen LogP contribution in [0.1, 0.15) is 111 Å². The second kappa shape index (κ2) is 17.5. The van der Waals surface area contributed by atoms with E-state index in [-0.39, 0.29) is 37.1 Å². The van der Waals surface area contributed by atoms with Gasteiger partial charge in [0.1, 0.15) is 6.10 Å². The van der Waals surface area contributed by atoms with Crippen LogP contribution in [0.2, 0.25) is 0 Å². The van der Waals surface area contributed by atoms with Crippen LogP contribution >= 0.6 is 11.3 Å². The van der Waals surface area contributed by atoms with Crippen molar-refractivity contribution in [1.82, 2.24) is 15.2 Å². The van der Waals surface area contributed by atoms with Crippen molar-refractivity contribution in [1.29, 1.82) is 0 Å². The Hall–Kier alpha value is -1.75. The zero-order valence-electron chi connectivity index (χ0n) is 26.8. The Labute approximate surface area is 257 Å². The highest BCUT2D eigenvalue weighted by Crippen LogP contribution is 2.29. The van der Waals surface area contributed by atoms with Crippen molar-refractivity contribution in [2.24, 2.45) is 23.7 Å². The average Bonchev–Trinajstić information content (AvgIpc) is 3.33. The smallest absolute Gasteiger partial charge is 0.224 e. The number of nitrogen functional groups attached to an aromatic ring is 1. The maximum Gasteiger partial charge on any atom is 0.224 e. The number of nitrogens with one attached hydrogen (secondary N) is 1. The molecule has 0 unspecified atom stereocenters. The Morgan fingerprint density at radius 1 is 1.17 bits per heavy atom. The maximum atomic E-state index is 14.0. The molecule has 4 atom stereocenters. The molecule has 2 amide bonds. The van der Waals surface area contributed by atoms with Gasteiger partial charge in [0.25, 0.3) is 0 Å². The molecule has 2 rings (SSSR count). The SMILES string of the molecule is CCC(CC)CN(CC(C)(C)O)C(=O)C[C@@H](Cc1csc(N)n1)C(=O)N[C@@H](CC1CCCCC1)[C@@H](O)[C@@H](O)CC(C)C. The van der Waals surface area contributed by atoms with E-state index < -0.39 is 29.8 Å². The lowest BCUT2D eigenvalue weighted by atomic mass is 9.82. The highest BCUT2D eigenvalue weighted by atomic mass is 32.1. The number of carbonyl (C=O) groups excluding carboxylic acids is 2. The fourth-order valence-electron chi connectivity index (χ4n) is 6.10. The molecule has 1 fully saturated rings. The van der Waals surface area contributed by atoms with E-state index in [1.807, 2.05) is 13.8 Å². The summed E-state index contributed by atoms with van der Waals surface area (Å²) in [7, 11) is 0. The van der Waals surface area contributed by atoms with E-state index in [0.29, 0.717) is 42.0 Å². The zero-order chi connectivity index (χ0) is 31.4. The van der Waals surface area contributed by atoms with E-state index in [0.717, 1.165) is 38.5 Å². The Kier molecular flexibility index (Phi) is 15.2. The minimum absolute atomic E-state index is 0.0553.